The van der Waals surface area contributed by atoms with Crippen LogP contribution in [0.25, 0.3) is 0 Å². The van der Waals surface area contributed by atoms with E-state index in [1.807, 2.05) is 44.1 Å². The van der Waals surface area contributed by atoms with E-state index >= 15 is 0 Å². The van der Waals surface area contributed by atoms with Gasteiger partial charge in [-0.25, -0.2) is 0 Å². The van der Waals surface area contributed by atoms with Crippen molar-refractivity contribution in [3.63, 3.8) is 0 Å². The molecule has 2 rings (SSSR count). The molecule has 4 nitrogen and oxygen atoms in total. The van der Waals surface area contributed by atoms with E-state index in [0.717, 1.165) is 32.5 Å². The van der Waals surface area contributed by atoms with Gasteiger partial charge in [-0.15, -0.1) is 0 Å². The summed E-state index contributed by atoms with van der Waals surface area (Å²) in [6.45, 7) is 4.53. The van der Waals surface area contributed by atoms with Crippen molar-refractivity contribution in [2.75, 3.05) is 27.2 Å². The van der Waals surface area contributed by atoms with Gasteiger partial charge >= 0.3 is 0 Å². The third-order valence-electron chi connectivity index (χ3n) is 4.43. The zero-order valence-corrected chi connectivity index (χ0v) is 13.4. The molecule has 1 aliphatic heterocycles. The van der Waals surface area contributed by atoms with Gasteiger partial charge in [0.1, 0.15) is 0 Å². The SMILES string of the molecule is CNC1CCCN(C(=O)C(C)N(C)Cc2ccccc2)C1. The summed E-state index contributed by atoms with van der Waals surface area (Å²) in [6, 6.07) is 10.7. The average Bonchev–Trinajstić information content (AvgIpc) is 2.54. The minimum Gasteiger partial charge on any atom is -0.340 e. The second-order valence-corrected chi connectivity index (χ2v) is 5.99. The molecule has 1 heterocycles. The van der Waals surface area contributed by atoms with E-state index in [1.54, 1.807) is 0 Å². The molecule has 4 heteroatoms. The lowest BCUT2D eigenvalue weighted by molar-refractivity contribution is -0.137. The van der Waals surface area contributed by atoms with Crippen molar-refractivity contribution in [3.8, 4) is 0 Å². The van der Waals surface area contributed by atoms with Crippen LogP contribution in [0.3, 0.4) is 0 Å². The van der Waals surface area contributed by atoms with Crippen LogP contribution in [0.2, 0.25) is 0 Å². The predicted molar refractivity (Wildman–Crippen MR) is 86.0 cm³/mol. The number of nitrogens with one attached hydrogen (secondary N) is 1. The summed E-state index contributed by atoms with van der Waals surface area (Å²) in [6.07, 6.45) is 2.25. The molecule has 1 N–H and O–H groups in total. The van der Waals surface area contributed by atoms with Gasteiger partial charge in [0.15, 0.2) is 0 Å². The highest BCUT2D eigenvalue weighted by molar-refractivity contribution is 5.81. The zero-order chi connectivity index (χ0) is 15.2. The van der Waals surface area contributed by atoms with Gasteiger partial charge in [0.2, 0.25) is 5.91 Å². The Hall–Kier alpha value is -1.39. The van der Waals surface area contributed by atoms with Crippen molar-refractivity contribution in [3.05, 3.63) is 35.9 Å². The minimum atomic E-state index is -0.0826. The van der Waals surface area contributed by atoms with Crippen LogP contribution < -0.4 is 5.32 Å². The van der Waals surface area contributed by atoms with Gasteiger partial charge in [0, 0.05) is 25.7 Å². The maximum absolute atomic E-state index is 12.6. The van der Waals surface area contributed by atoms with E-state index in [0.29, 0.717) is 6.04 Å². The maximum atomic E-state index is 12.6. The molecular weight excluding hydrogens is 262 g/mol. The second kappa shape index (κ2) is 7.57. The van der Waals surface area contributed by atoms with Crippen molar-refractivity contribution in [2.24, 2.45) is 0 Å². The summed E-state index contributed by atoms with van der Waals surface area (Å²) < 4.78 is 0. The van der Waals surface area contributed by atoms with Crippen LogP contribution in [0.4, 0.5) is 0 Å². The number of benzene rings is 1. The minimum absolute atomic E-state index is 0.0826. The lowest BCUT2D eigenvalue weighted by atomic mass is 10.0. The summed E-state index contributed by atoms with van der Waals surface area (Å²) in [4.78, 5) is 16.8. The van der Waals surface area contributed by atoms with Crippen molar-refractivity contribution in [1.29, 1.82) is 0 Å². The van der Waals surface area contributed by atoms with Gasteiger partial charge in [-0.05, 0) is 39.4 Å². The number of amides is 1. The van der Waals surface area contributed by atoms with Gasteiger partial charge in [0.05, 0.1) is 6.04 Å². The largest absolute Gasteiger partial charge is 0.340 e. The van der Waals surface area contributed by atoms with Crippen LogP contribution in [0.5, 0.6) is 0 Å². The number of likely N-dealkylation sites (tertiary alicyclic amines) is 1. The first-order valence-corrected chi connectivity index (χ1v) is 7.82. The highest BCUT2D eigenvalue weighted by Crippen LogP contribution is 2.14. The Balaban J connectivity index is 1.92. The number of hydrogen-bond donors (Lipinski definition) is 1. The third-order valence-corrected chi connectivity index (χ3v) is 4.43. The predicted octanol–water partition coefficient (Wildman–Crippen LogP) is 1.72. The first-order valence-electron chi connectivity index (χ1n) is 7.82. The van der Waals surface area contributed by atoms with Crippen molar-refractivity contribution < 1.29 is 4.79 Å². The van der Waals surface area contributed by atoms with Crippen LogP contribution in [0.1, 0.15) is 25.3 Å². The highest BCUT2D eigenvalue weighted by Gasteiger charge is 2.27. The Morgan fingerprint density at radius 2 is 2.14 bits per heavy atom. The van der Waals surface area contributed by atoms with Crippen molar-refractivity contribution in [1.82, 2.24) is 15.1 Å². The van der Waals surface area contributed by atoms with E-state index in [2.05, 4.69) is 22.3 Å². The van der Waals surface area contributed by atoms with E-state index in [9.17, 15) is 4.79 Å². The molecule has 0 bridgehead atoms. The number of hydrogen-bond acceptors (Lipinski definition) is 3. The molecule has 1 aliphatic rings. The van der Waals surface area contributed by atoms with Gasteiger partial charge in [-0.2, -0.15) is 0 Å². The van der Waals surface area contributed by atoms with Gasteiger partial charge < -0.3 is 10.2 Å². The lowest BCUT2D eigenvalue weighted by Gasteiger charge is -2.36. The number of piperidine rings is 1. The molecule has 116 valence electrons. The highest BCUT2D eigenvalue weighted by atomic mass is 16.2. The Bertz CT molecular complexity index is 449. The number of carbonyl (C=O) groups is 1. The lowest BCUT2D eigenvalue weighted by Crippen LogP contribution is -2.52. The first kappa shape index (κ1) is 16.0. The van der Waals surface area contributed by atoms with Crippen LogP contribution in [-0.4, -0.2) is 55.0 Å². The molecule has 1 fully saturated rings. The Kier molecular flexibility index (Phi) is 5.76. The first-order chi connectivity index (χ1) is 10.1. The molecule has 0 spiro atoms. The quantitative estimate of drug-likeness (QED) is 0.896. The molecule has 21 heavy (non-hydrogen) atoms. The fraction of sp³-hybridized carbons (Fsp3) is 0.588. The summed E-state index contributed by atoms with van der Waals surface area (Å²) in [5, 5.41) is 3.29. The van der Waals surface area contributed by atoms with Crippen molar-refractivity contribution >= 4 is 5.91 Å². The second-order valence-electron chi connectivity index (χ2n) is 5.99. The molecule has 1 aromatic carbocycles. The zero-order valence-electron chi connectivity index (χ0n) is 13.4. The summed E-state index contributed by atoms with van der Waals surface area (Å²) in [5.74, 6) is 0.244. The summed E-state index contributed by atoms with van der Waals surface area (Å²) >= 11 is 0. The summed E-state index contributed by atoms with van der Waals surface area (Å²) in [7, 11) is 4.00. The Morgan fingerprint density at radius 3 is 2.81 bits per heavy atom. The number of rotatable bonds is 5. The van der Waals surface area contributed by atoms with Gasteiger partial charge in [0.25, 0.3) is 0 Å². The molecule has 1 amide bonds. The smallest absolute Gasteiger partial charge is 0.239 e. The normalized spacial score (nSPS) is 20.6. The monoisotopic (exact) mass is 289 g/mol. The fourth-order valence-electron chi connectivity index (χ4n) is 2.87. The standard InChI is InChI=1S/C17H27N3O/c1-14(19(3)12-15-8-5-4-6-9-15)17(21)20-11-7-10-16(13-20)18-2/h4-6,8-9,14,16,18H,7,10-13H2,1-3H3. The number of likely N-dealkylation sites (N-methyl/N-ethyl adjacent to an activating group) is 2. The molecule has 0 aromatic heterocycles. The molecule has 0 saturated carbocycles. The Morgan fingerprint density at radius 1 is 1.43 bits per heavy atom. The molecule has 0 aliphatic carbocycles. The number of carbonyl (C=O) groups excluding carboxylic acids is 1. The summed E-state index contributed by atoms with van der Waals surface area (Å²) in [5.41, 5.74) is 1.24. The topological polar surface area (TPSA) is 35.6 Å². The van der Waals surface area contributed by atoms with Crippen molar-refractivity contribution in [2.45, 2.75) is 38.4 Å². The van der Waals surface area contributed by atoms with Crippen LogP contribution >= 0.6 is 0 Å². The van der Waals surface area contributed by atoms with Crippen LogP contribution in [0, 0.1) is 0 Å². The van der Waals surface area contributed by atoms with Crippen LogP contribution in [0.15, 0.2) is 30.3 Å². The molecular formula is C17H27N3O. The average molecular weight is 289 g/mol. The third kappa shape index (κ3) is 4.29. The maximum Gasteiger partial charge on any atom is 0.239 e. The molecule has 2 unspecified atom stereocenters. The van der Waals surface area contributed by atoms with E-state index in [4.69, 9.17) is 0 Å². The fourth-order valence-corrected chi connectivity index (χ4v) is 2.87. The van der Waals surface area contributed by atoms with Gasteiger partial charge in [-0.1, -0.05) is 30.3 Å². The molecule has 1 aromatic rings. The van der Waals surface area contributed by atoms with E-state index < -0.39 is 0 Å². The van der Waals surface area contributed by atoms with E-state index in [-0.39, 0.29) is 11.9 Å². The molecule has 0 radical (unpaired) electrons. The Labute approximate surface area is 128 Å². The van der Waals surface area contributed by atoms with E-state index in [1.165, 1.54) is 5.56 Å². The molecule has 2 atom stereocenters. The van der Waals surface area contributed by atoms with Crippen LogP contribution in [-0.2, 0) is 11.3 Å². The number of nitrogens with zero attached hydrogens (tertiary/aromatic N) is 2. The van der Waals surface area contributed by atoms with Gasteiger partial charge in [-0.3, -0.25) is 9.69 Å². The molecule has 1 saturated heterocycles.